The number of aromatic amines is 2. The van der Waals surface area contributed by atoms with Crippen molar-refractivity contribution in [2.75, 3.05) is 26.2 Å². The van der Waals surface area contributed by atoms with Crippen LogP contribution in [0, 0.1) is 0 Å². The zero-order chi connectivity index (χ0) is 19.5. The van der Waals surface area contributed by atoms with Gasteiger partial charge in [0.2, 0.25) is 5.91 Å². The molecule has 0 spiro atoms. The molecule has 2 N–H and O–H groups in total. The Morgan fingerprint density at radius 3 is 2.29 bits per heavy atom. The lowest BCUT2D eigenvalue weighted by Gasteiger charge is -2.35. The fourth-order valence-electron chi connectivity index (χ4n) is 3.56. The van der Waals surface area contributed by atoms with Crippen LogP contribution in [0.4, 0.5) is 0 Å². The minimum atomic E-state index is -0.290. The molecule has 1 aliphatic heterocycles. The van der Waals surface area contributed by atoms with Crippen LogP contribution in [0.2, 0.25) is 0 Å². The summed E-state index contributed by atoms with van der Waals surface area (Å²) in [6.45, 7) is 2.11. The molecule has 3 aromatic rings. The van der Waals surface area contributed by atoms with Gasteiger partial charge in [-0.2, -0.15) is 0 Å². The number of rotatable bonds is 4. The number of benzene rings is 2. The molecular formula is C21H22N4O3. The van der Waals surface area contributed by atoms with Crippen molar-refractivity contribution < 1.29 is 9.59 Å². The van der Waals surface area contributed by atoms with Gasteiger partial charge in [-0.1, -0.05) is 30.3 Å². The molecule has 2 heterocycles. The number of nitrogens with one attached hydrogen (secondary N) is 2. The summed E-state index contributed by atoms with van der Waals surface area (Å²) in [6.07, 6.45) is 1.21. The van der Waals surface area contributed by atoms with Gasteiger partial charge in [0.15, 0.2) is 0 Å². The van der Waals surface area contributed by atoms with E-state index in [2.05, 4.69) is 9.97 Å². The number of carbonyl (C=O) groups excluding carboxylic acids is 2. The summed E-state index contributed by atoms with van der Waals surface area (Å²) in [5.74, 6) is 0.0441. The SMILES string of the molecule is O=C(CCc1ccccc1)N1CCN(C(=O)c2ccc3[nH]c(=O)[nH]c3c2)CC1. The number of hydrogen-bond acceptors (Lipinski definition) is 3. The van der Waals surface area contributed by atoms with E-state index < -0.39 is 0 Å². The third-order valence-corrected chi connectivity index (χ3v) is 5.15. The molecule has 0 radical (unpaired) electrons. The van der Waals surface area contributed by atoms with E-state index in [1.807, 2.05) is 35.2 Å². The first-order chi connectivity index (χ1) is 13.6. The molecule has 0 unspecified atom stereocenters. The molecule has 4 rings (SSSR count). The molecule has 0 saturated carbocycles. The van der Waals surface area contributed by atoms with E-state index in [9.17, 15) is 14.4 Å². The lowest BCUT2D eigenvalue weighted by Crippen LogP contribution is -2.50. The third kappa shape index (κ3) is 3.83. The Balaban J connectivity index is 1.33. The van der Waals surface area contributed by atoms with E-state index in [-0.39, 0.29) is 17.5 Å². The van der Waals surface area contributed by atoms with E-state index in [1.54, 1.807) is 23.1 Å². The van der Waals surface area contributed by atoms with Crippen molar-refractivity contribution in [2.24, 2.45) is 0 Å². The average Bonchev–Trinajstić information content (AvgIpc) is 3.11. The van der Waals surface area contributed by atoms with Crippen LogP contribution >= 0.6 is 0 Å². The minimum Gasteiger partial charge on any atom is -0.339 e. The average molecular weight is 378 g/mol. The van der Waals surface area contributed by atoms with Gasteiger partial charge in [-0.25, -0.2) is 4.79 Å². The maximum absolute atomic E-state index is 12.8. The highest BCUT2D eigenvalue weighted by atomic mass is 16.2. The Hall–Kier alpha value is -3.35. The van der Waals surface area contributed by atoms with Gasteiger partial charge in [-0.15, -0.1) is 0 Å². The number of aryl methyl sites for hydroxylation is 1. The highest BCUT2D eigenvalue weighted by Gasteiger charge is 2.24. The zero-order valence-electron chi connectivity index (χ0n) is 15.5. The van der Waals surface area contributed by atoms with Crippen LogP contribution in [-0.2, 0) is 11.2 Å². The van der Waals surface area contributed by atoms with E-state index in [0.29, 0.717) is 49.2 Å². The lowest BCUT2D eigenvalue weighted by molar-refractivity contribution is -0.132. The predicted molar refractivity (Wildman–Crippen MR) is 106 cm³/mol. The molecule has 1 saturated heterocycles. The van der Waals surface area contributed by atoms with Crippen LogP contribution in [0.25, 0.3) is 11.0 Å². The van der Waals surface area contributed by atoms with E-state index in [4.69, 9.17) is 0 Å². The molecule has 0 bridgehead atoms. The topological polar surface area (TPSA) is 89.3 Å². The summed E-state index contributed by atoms with van der Waals surface area (Å²) in [4.78, 5) is 45.5. The standard InChI is InChI=1S/C21H22N4O3/c26-19(9-6-15-4-2-1-3-5-15)24-10-12-25(13-11-24)20(27)16-7-8-17-18(14-16)23-21(28)22-17/h1-5,7-8,14H,6,9-13H2,(H2,22,23,28). The quantitative estimate of drug-likeness (QED) is 0.725. The predicted octanol–water partition coefficient (Wildman–Crippen LogP) is 1.77. The van der Waals surface area contributed by atoms with Crippen LogP contribution < -0.4 is 5.69 Å². The maximum atomic E-state index is 12.8. The zero-order valence-corrected chi connectivity index (χ0v) is 15.5. The van der Waals surface area contributed by atoms with Crippen molar-refractivity contribution in [3.8, 4) is 0 Å². The van der Waals surface area contributed by atoms with Crippen LogP contribution in [0.3, 0.4) is 0 Å². The van der Waals surface area contributed by atoms with Gasteiger partial charge in [-0.05, 0) is 30.2 Å². The smallest absolute Gasteiger partial charge is 0.323 e. The Morgan fingerprint density at radius 2 is 1.54 bits per heavy atom. The lowest BCUT2D eigenvalue weighted by atomic mass is 10.1. The number of nitrogens with zero attached hydrogens (tertiary/aromatic N) is 2. The van der Waals surface area contributed by atoms with E-state index >= 15 is 0 Å². The molecule has 1 fully saturated rings. The van der Waals surface area contributed by atoms with Gasteiger partial charge in [0.1, 0.15) is 0 Å². The molecule has 1 aromatic heterocycles. The number of hydrogen-bond donors (Lipinski definition) is 2. The monoisotopic (exact) mass is 378 g/mol. The summed E-state index contributed by atoms with van der Waals surface area (Å²) in [5, 5.41) is 0. The summed E-state index contributed by atoms with van der Waals surface area (Å²) in [6, 6.07) is 15.1. The fraction of sp³-hybridized carbons (Fsp3) is 0.286. The molecule has 144 valence electrons. The van der Waals surface area contributed by atoms with E-state index in [1.165, 1.54) is 0 Å². The van der Waals surface area contributed by atoms with Gasteiger partial charge < -0.3 is 19.8 Å². The molecule has 1 aliphatic rings. The molecule has 0 atom stereocenters. The van der Waals surface area contributed by atoms with Crippen molar-refractivity contribution in [1.29, 1.82) is 0 Å². The maximum Gasteiger partial charge on any atom is 0.323 e. The molecule has 2 amide bonds. The number of H-pyrrole nitrogens is 2. The van der Waals surface area contributed by atoms with Gasteiger partial charge in [-0.3, -0.25) is 9.59 Å². The van der Waals surface area contributed by atoms with Crippen molar-refractivity contribution >= 4 is 22.8 Å². The van der Waals surface area contributed by atoms with Crippen molar-refractivity contribution in [3.05, 3.63) is 70.1 Å². The molecule has 0 aliphatic carbocycles. The number of aromatic nitrogens is 2. The Morgan fingerprint density at radius 1 is 0.857 bits per heavy atom. The molecule has 28 heavy (non-hydrogen) atoms. The Kier molecular flexibility index (Phi) is 4.97. The second kappa shape index (κ2) is 7.72. The second-order valence-corrected chi connectivity index (χ2v) is 7.00. The minimum absolute atomic E-state index is 0.0830. The van der Waals surface area contributed by atoms with E-state index in [0.717, 1.165) is 12.0 Å². The van der Waals surface area contributed by atoms with Crippen LogP contribution in [-0.4, -0.2) is 57.8 Å². The molecule has 7 heteroatoms. The summed E-state index contributed by atoms with van der Waals surface area (Å²) in [5.41, 5.74) is 2.69. The van der Waals surface area contributed by atoms with Crippen molar-refractivity contribution in [1.82, 2.24) is 19.8 Å². The summed E-state index contributed by atoms with van der Waals surface area (Å²) >= 11 is 0. The van der Waals surface area contributed by atoms with Crippen LogP contribution in [0.1, 0.15) is 22.3 Å². The number of carbonyl (C=O) groups is 2. The third-order valence-electron chi connectivity index (χ3n) is 5.15. The molecule has 7 nitrogen and oxygen atoms in total. The second-order valence-electron chi connectivity index (χ2n) is 7.00. The number of amides is 2. The summed E-state index contributed by atoms with van der Waals surface area (Å²) < 4.78 is 0. The van der Waals surface area contributed by atoms with Crippen molar-refractivity contribution in [3.63, 3.8) is 0 Å². The van der Waals surface area contributed by atoms with Gasteiger partial charge in [0, 0.05) is 38.2 Å². The fourth-order valence-corrected chi connectivity index (χ4v) is 3.56. The highest BCUT2D eigenvalue weighted by molar-refractivity contribution is 5.97. The first-order valence-electron chi connectivity index (χ1n) is 9.43. The Labute approximate surface area is 162 Å². The number of imidazole rings is 1. The van der Waals surface area contributed by atoms with Crippen molar-refractivity contribution in [2.45, 2.75) is 12.8 Å². The molecule has 2 aromatic carbocycles. The number of piperazine rings is 1. The largest absolute Gasteiger partial charge is 0.339 e. The van der Waals surface area contributed by atoms with Gasteiger partial charge in [0.25, 0.3) is 5.91 Å². The summed E-state index contributed by atoms with van der Waals surface area (Å²) in [7, 11) is 0. The van der Waals surface area contributed by atoms with Crippen LogP contribution in [0.15, 0.2) is 53.3 Å². The van der Waals surface area contributed by atoms with Crippen LogP contribution in [0.5, 0.6) is 0 Å². The number of fused-ring (bicyclic) bond motifs is 1. The first kappa shape index (κ1) is 18.0. The normalized spacial score (nSPS) is 14.4. The first-order valence-corrected chi connectivity index (χ1v) is 9.43. The Bertz CT molecular complexity index is 1050. The van der Waals surface area contributed by atoms with Gasteiger partial charge in [0.05, 0.1) is 11.0 Å². The van der Waals surface area contributed by atoms with Gasteiger partial charge >= 0.3 is 5.69 Å². The highest BCUT2D eigenvalue weighted by Crippen LogP contribution is 2.14. The molecular weight excluding hydrogens is 356 g/mol.